The summed E-state index contributed by atoms with van der Waals surface area (Å²) in [6, 6.07) is 6.37. The second kappa shape index (κ2) is 6.95. The van der Waals surface area contributed by atoms with E-state index in [2.05, 4.69) is 62.0 Å². The number of benzene rings is 1. The second-order valence-electron chi connectivity index (χ2n) is 4.33. The number of hydrogen-bond acceptors (Lipinski definition) is 2. The lowest BCUT2D eigenvalue weighted by molar-refractivity contribution is 0.103. The molecule has 1 aliphatic rings. The Morgan fingerprint density at radius 1 is 1.47 bits per heavy atom. The summed E-state index contributed by atoms with van der Waals surface area (Å²) < 4.78 is 8.00. The van der Waals surface area contributed by atoms with Crippen molar-refractivity contribution in [3.63, 3.8) is 0 Å². The molecule has 0 amide bonds. The standard InChI is InChI=1S/C13H17BrINO/c14-12-9-10(15)5-6-13(12)16-7-1-3-11-4-2-8-17-11/h5-6,9,11,16H,1-4,7-8H2. The van der Waals surface area contributed by atoms with Crippen LogP contribution in [-0.4, -0.2) is 19.3 Å². The number of hydrogen-bond donors (Lipinski definition) is 1. The van der Waals surface area contributed by atoms with Crippen molar-refractivity contribution >= 4 is 44.2 Å². The minimum atomic E-state index is 0.511. The Hall–Kier alpha value is 0.190. The highest BCUT2D eigenvalue weighted by Crippen LogP contribution is 2.24. The lowest BCUT2D eigenvalue weighted by Gasteiger charge is -2.11. The van der Waals surface area contributed by atoms with Crippen LogP contribution in [-0.2, 0) is 4.74 Å². The molecule has 2 nitrogen and oxygen atoms in total. The molecule has 1 atom stereocenters. The van der Waals surface area contributed by atoms with Gasteiger partial charge in [0.1, 0.15) is 0 Å². The van der Waals surface area contributed by atoms with E-state index in [1.54, 1.807) is 0 Å². The lowest BCUT2D eigenvalue weighted by Crippen LogP contribution is -2.09. The molecule has 1 fully saturated rings. The lowest BCUT2D eigenvalue weighted by atomic mass is 10.1. The molecule has 0 radical (unpaired) electrons. The van der Waals surface area contributed by atoms with Gasteiger partial charge in [0.15, 0.2) is 0 Å². The largest absolute Gasteiger partial charge is 0.384 e. The Bertz CT molecular complexity index is 366. The Morgan fingerprint density at radius 2 is 2.35 bits per heavy atom. The van der Waals surface area contributed by atoms with Crippen molar-refractivity contribution in [3.05, 3.63) is 26.2 Å². The van der Waals surface area contributed by atoms with Gasteiger partial charge in [0.05, 0.1) is 6.10 Å². The fraction of sp³-hybridized carbons (Fsp3) is 0.538. The Balaban J connectivity index is 1.70. The Morgan fingerprint density at radius 3 is 3.06 bits per heavy atom. The molecule has 1 heterocycles. The summed E-state index contributed by atoms with van der Waals surface area (Å²) >= 11 is 5.89. The molecule has 1 saturated heterocycles. The first-order valence-electron chi connectivity index (χ1n) is 6.06. The van der Waals surface area contributed by atoms with Crippen LogP contribution in [0.4, 0.5) is 5.69 Å². The molecule has 0 saturated carbocycles. The maximum absolute atomic E-state index is 5.61. The molecule has 1 unspecified atom stereocenters. The van der Waals surface area contributed by atoms with Gasteiger partial charge in [-0.1, -0.05) is 0 Å². The van der Waals surface area contributed by atoms with Crippen molar-refractivity contribution in [3.8, 4) is 0 Å². The highest BCUT2D eigenvalue weighted by atomic mass is 127. The van der Waals surface area contributed by atoms with E-state index in [9.17, 15) is 0 Å². The Kier molecular flexibility index (Phi) is 5.56. The number of halogens is 2. The van der Waals surface area contributed by atoms with Crippen LogP contribution in [0.25, 0.3) is 0 Å². The quantitative estimate of drug-likeness (QED) is 0.573. The predicted octanol–water partition coefficient (Wildman–Crippen LogP) is 4.42. The normalized spacial score (nSPS) is 19.5. The van der Waals surface area contributed by atoms with Gasteiger partial charge < -0.3 is 10.1 Å². The van der Waals surface area contributed by atoms with Crippen molar-refractivity contribution in [1.82, 2.24) is 0 Å². The van der Waals surface area contributed by atoms with Crippen molar-refractivity contribution < 1.29 is 4.74 Å². The molecule has 0 spiro atoms. The summed E-state index contributed by atoms with van der Waals surface area (Å²) in [7, 11) is 0. The van der Waals surface area contributed by atoms with E-state index >= 15 is 0 Å². The summed E-state index contributed by atoms with van der Waals surface area (Å²) in [4.78, 5) is 0. The fourth-order valence-electron chi connectivity index (χ4n) is 2.06. The van der Waals surface area contributed by atoms with E-state index in [-0.39, 0.29) is 0 Å². The zero-order chi connectivity index (χ0) is 12.1. The molecule has 4 heteroatoms. The van der Waals surface area contributed by atoms with E-state index < -0.39 is 0 Å². The number of anilines is 1. The molecular weight excluding hydrogens is 393 g/mol. The van der Waals surface area contributed by atoms with Gasteiger partial charge in [-0.3, -0.25) is 0 Å². The monoisotopic (exact) mass is 409 g/mol. The van der Waals surface area contributed by atoms with Crippen LogP contribution in [0.3, 0.4) is 0 Å². The maximum atomic E-state index is 5.61. The molecule has 1 N–H and O–H groups in total. The molecule has 1 aliphatic heterocycles. The van der Waals surface area contributed by atoms with E-state index in [0.29, 0.717) is 6.10 Å². The molecule has 0 aromatic heterocycles. The van der Waals surface area contributed by atoms with Gasteiger partial charge in [0, 0.05) is 26.9 Å². The smallest absolute Gasteiger partial charge is 0.0576 e. The second-order valence-corrected chi connectivity index (χ2v) is 6.43. The average Bonchev–Trinajstić information content (AvgIpc) is 2.79. The summed E-state index contributed by atoms with van der Waals surface area (Å²) in [5.41, 5.74) is 1.18. The number of ether oxygens (including phenoxy) is 1. The van der Waals surface area contributed by atoms with E-state index in [4.69, 9.17) is 4.74 Å². The highest BCUT2D eigenvalue weighted by molar-refractivity contribution is 14.1. The molecule has 94 valence electrons. The summed E-state index contributed by atoms with van der Waals surface area (Å²) in [5, 5.41) is 3.46. The Labute approximate surface area is 125 Å². The summed E-state index contributed by atoms with van der Waals surface area (Å²) in [5.74, 6) is 0. The average molecular weight is 410 g/mol. The van der Waals surface area contributed by atoms with Gasteiger partial charge in [-0.05, 0) is 82.4 Å². The fourth-order valence-corrected chi connectivity index (χ4v) is 3.50. The van der Waals surface area contributed by atoms with E-state index in [1.165, 1.54) is 34.9 Å². The van der Waals surface area contributed by atoms with E-state index in [1.807, 2.05) is 0 Å². The van der Waals surface area contributed by atoms with Gasteiger partial charge in [-0.2, -0.15) is 0 Å². The number of nitrogens with one attached hydrogen (secondary N) is 1. The summed E-state index contributed by atoms with van der Waals surface area (Å²) in [6.07, 6.45) is 5.34. The summed E-state index contributed by atoms with van der Waals surface area (Å²) in [6.45, 7) is 1.97. The minimum absolute atomic E-state index is 0.511. The first-order chi connectivity index (χ1) is 8.25. The molecule has 17 heavy (non-hydrogen) atoms. The van der Waals surface area contributed by atoms with Crippen LogP contribution in [0.5, 0.6) is 0 Å². The van der Waals surface area contributed by atoms with Crippen LogP contribution in [0.1, 0.15) is 25.7 Å². The van der Waals surface area contributed by atoms with Crippen LogP contribution >= 0.6 is 38.5 Å². The van der Waals surface area contributed by atoms with Gasteiger partial charge in [0.25, 0.3) is 0 Å². The van der Waals surface area contributed by atoms with Crippen LogP contribution in [0, 0.1) is 3.57 Å². The van der Waals surface area contributed by atoms with Crippen molar-refractivity contribution in [2.75, 3.05) is 18.5 Å². The zero-order valence-electron chi connectivity index (χ0n) is 9.72. The molecule has 1 aromatic carbocycles. The topological polar surface area (TPSA) is 21.3 Å². The highest BCUT2D eigenvalue weighted by Gasteiger charge is 2.14. The molecule has 0 aliphatic carbocycles. The van der Waals surface area contributed by atoms with Gasteiger partial charge >= 0.3 is 0 Å². The molecule has 2 rings (SSSR count). The third kappa shape index (κ3) is 4.41. The van der Waals surface area contributed by atoms with Crippen molar-refractivity contribution in [2.24, 2.45) is 0 Å². The SMILES string of the molecule is Brc1cc(I)ccc1NCCCC1CCCO1. The van der Waals surface area contributed by atoms with E-state index in [0.717, 1.165) is 17.6 Å². The molecule has 1 aromatic rings. The molecule has 0 bridgehead atoms. The van der Waals surface area contributed by atoms with Gasteiger partial charge in [-0.15, -0.1) is 0 Å². The van der Waals surface area contributed by atoms with Gasteiger partial charge in [0.2, 0.25) is 0 Å². The molecular formula is C13H17BrINO. The van der Waals surface area contributed by atoms with Gasteiger partial charge in [-0.25, -0.2) is 0 Å². The zero-order valence-corrected chi connectivity index (χ0v) is 13.5. The maximum Gasteiger partial charge on any atom is 0.0576 e. The van der Waals surface area contributed by atoms with Crippen molar-refractivity contribution in [2.45, 2.75) is 31.8 Å². The predicted molar refractivity (Wildman–Crippen MR) is 83.6 cm³/mol. The minimum Gasteiger partial charge on any atom is -0.384 e. The van der Waals surface area contributed by atoms with Crippen LogP contribution in [0.2, 0.25) is 0 Å². The third-order valence-electron chi connectivity index (χ3n) is 2.97. The third-order valence-corrected chi connectivity index (χ3v) is 4.30. The number of rotatable bonds is 5. The van der Waals surface area contributed by atoms with Crippen LogP contribution < -0.4 is 5.32 Å². The first-order valence-corrected chi connectivity index (χ1v) is 7.93. The van der Waals surface area contributed by atoms with Crippen molar-refractivity contribution in [1.29, 1.82) is 0 Å². The van der Waals surface area contributed by atoms with Crippen LogP contribution in [0.15, 0.2) is 22.7 Å². The first kappa shape index (κ1) is 13.6.